The quantitative estimate of drug-likeness (QED) is 0.413. The summed E-state index contributed by atoms with van der Waals surface area (Å²) in [6.45, 7) is 6.07. The zero-order chi connectivity index (χ0) is 21.7. The number of carbonyl (C=O) groups is 1. The van der Waals surface area contributed by atoms with Crippen molar-refractivity contribution in [2.75, 3.05) is 6.61 Å². The number of aryl methyl sites for hydroxylation is 1. The standard InChI is InChI=1S/C24H26ClN3O2/c1-16(2)20-11-10-17(3)12-22(20)30-15-23(29)27-26-14-19-13-21(28(4)24(19)25)18-8-6-5-7-9-18/h5-14,16H,15H2,1-4H3,(H,27,29)/b26-14-. The van der Waals surface area contributed by atoms with Gasteiger partial charge in [0, 0.05) is 18.3 Å². The molecule has 1 N–H and O–H groups in total. The van der Waals surface area contributed by atoms with Gasteiger partial charge in [0.05, 0.1) is 6.21 Å². The Bertz CT molecular complexity index is 1060. The first-order chi connectivity index (χ1) is 14.4. The predicted molar refractivity (Wildman–Crippen MR) is 122 cm³/mol. The predicted octanol–water partition coefficient (Wildman–Crippen LogP) is 5.31. The lowest BCUT2D eigenvalue weighted by Crippen LogP contribution is -2.25. The van der Waals surface area contributed by atoms with Gasteiger partial charge < -0.3 is 9.30 Å². The molecule has 5 nitrogen and oxygen atoms in total. The lowest BCUT2D eigenvalue weighted by atomic mass is 10.0. The number of benzene rings is 2. The van der Waals surface area contributed by atoms with Crippen LogP contribution in [0.25, 0.3) is 11.3 Å². The molecule has 6 heteroatoms. The van der Waals surface area contributed by atoms with Gasteiger partial charge in [0.1, 0.15) is 10.9 Å². The van der Waals surface area contributed by atoms with Crippen LogP contribution in [0, 0.1) is 6.92 Å². The van der Waals surface area contributed by atoms with Gasteiger partial charge in [-0.05, 0) is 41.7 Å². The molecule has 3 rings (SSSR count). The van der Waals surface area contributed by atoms with Crippen molar-refractivity contribution in [1.82, 2.24) is 9.99 Å². The molecule has 0 atom stereocenters. The number of aromatic nitrogens is 1. The van der Waals surface area contributed by atoms with Crippen molar-refractivity contribution in [3.05, 3.63) is 76.4 Å². The Balaban J connectivity index is 1.63. The largest absolute Gasteiger partial charge is 0.483 e. The molecule has 1 aromatic heterocycles. The Morgan fingerprint density at radius 3 is 2.63 bits per heavy atom. The van der Waals surface area contributed by atoms with Crippen molar-refractivity contribution in [1.29, 1.82) is 0 Å². The molecular formula is C24H26ClN3O2. The van der Waals surface area contributed by atoms with Crippen LogP contribution in [0.5, 0.6) is 5.75 Å². The number of carbonyl (C=O) groups excluding carboxylic acids is 1. The SMILES string of the molecule is Cc1ccc(C(C)C)c(OCC(=O)N/N=C\c2cc(-c3ccccc3)n(C)c2Cl)c1. The van der Waals surface area contributed by atoms with E-state index < -0.39 is 0 Å². The van der Waals surface area contributed by atoms with Gasteiger partial charge >= 0.3 is 0 Å². The topological polar surface area (TPSA) is 55.6 Å². The lowest BCUT2D eigenvalue weighted by Gasteiger charge is -2.14. The van der Waals surface area contributed by atoms with Gasteiger partial charge in [0.15, 0.2) is 6.61 Å². The summed E-state index contributed by atoms with van der Waals surface area (Å²) < 4.78 is 7.62. The summed E-state index contributed by atoms with van der Waals surface area (Å²) in [4.78, 5) is 12.2. The fourth-order valence-corrected chi connectivity index (χ4v) is 3.37. The van der Waals surface area contributed by atoms with Crippen molar-refractivity contribution >= 4 is 23.7 Å². The minimum atomic E-state index is -0.335. The summed E-state index contributed by atoms with van der Waals surface area (Å²) in [5, 5.41) is 4.58. The fraction of sp³-hybridized carbons (Fsp3) is 0.250. The van der Waals surface area contributed by atoms with Crippen LogP contribution in [-0.4, -0.2) is 23.3 Å². The van der Waals surface area contributed by atoms with Gasteiger partial charge in [0.2, 0.25) is 0 Å². The molecule has 0 fully saturated rings. The molecule has 1 amide bonds. The molecule has 0 bridgehead atoms. The van der Waals surface area contributed by atoms with Crippen LogP contribution in [0.15, 0.2) is 59.7 Å². The van der Waals surface area contributed by atoms with Crippen molar-refractivity contribution < 1.29 is 9.53 Å². The summed E-state index contributed by atoms with van der Waals surface area (Å²) in [7, 11) is 1.89. The summed E-state index contributed by atoms with van der Waals surface area (Å²) in [5.41, 5.74) is 7.40. The molecule has 30 heavy (non-hydrogen) atoms. The molecule has 3 aromatic rings. The molecule has 0 aliphatic carbocycles. The summed E-state index contributed by atoms with van der Waals surface area (Å²) in [6.07, 6.45) is 1.54. The van der Waals surface area contributed by atoms with E-state index in [9.17, 15) is 4.79 Å². The van der Waals surface area contributed by atoms with E-state index in [1.165, 1.54) is 0 Å². The molecule has 1 heterocycles. The second-order valence-corrected chi connectivity index (χ2v) is 7.84. The van der Waals surface area contributed by atoms with Crippen molar-refractivity contribution in [2.45, 2.75) is 26.7 Å². The molecule has 0 spiro atoms. The Labute approximate surface area is 182 Å². The number of hydrogen-bond donors (Lipinski definition) is 1. The monoisotopic (exact) mass is 423 g/mol. The fourth-order valence-electron chi connectivity index (χ4n) is 3.17. The first-order valence-electron chi connectivity index (χ1n) is 9.82. The molecule has 2 aromatic carbocycles. The van der Waals surface area contributed by atoms with E-state index in [0.29, 0.717) is 11.1 Å². The summed E-state index contributed by atoms with van der Waals surface area (Å²) in [6, 6.07) is 17.9. The minimum Gasteiger partial charge on any atom is -0.483 e. The van der Waals surface area contributed by atoms with E-state index in [1.54, 1.807) is 6.21 Å². The Kier molecular flexibility index (Phi) is 6.95. The first-order valence-corrected chi connectivity index (χ1v) is 10.2. The highest BCUT2D eigenvalue weighted by atomic mass is 35.5. The average Bonchev–Trinajstić information content (AvgIpc) is 3.01. The van der Waals surface area contributed by atoms with Crippen LogP contribution in [0.1, 0.15) is 36.5 Å². The van der Waals surface area contributed by atoms with Crippen LogP contribution in [-0.2, 0) is 11.8 Å². The number of amides is 1. The van der Waals surface area contributed by atoms with Crippen LogP contribution in [0.3, 0.4) is 0 Å². The van der Waals surface area contributed by atoms with Crippen LogP contribution < -0.4 is 10.2 Å². The molecule has 0 saturated heterocycles. The van der Waals surface area contributed by atoms with E-state index in [2.05, 4.69) is 24.4 Å². The summed E-state index contributed by atoms with van der Waals surface area (Å²) in [5.74, 6) is 0.696. The van der Waals surface area contributed by atoms with E-state index in [4.69, 9.17) is 16.3 Å². The molecule has 0 aliphatic rings. The highest BCUT2D eigenvalue weighted by molar-refractivity contribution is 6.32. The van der Waals surface area contributed by atoms with Crippen LogP contribution >= 0.6 is 11.6 Å². The van der Waals surface area contributed by atoms with Crippen molar-refractivity contribution in [3.63, 3.8) is 0 Å². The molecule has 0 unspecified atom stereocenters. The third-order valence-corrected chi connectivity index (χ3v) is 5.27. The smallest absolute Gasteiger partial charge is 0.277 e. The number of ether oxygens (including phenoxy) is 1. The van der Waals surface area contributed by atoms with E-state index in [1.807, 2.05) is 73.1 Å². The molecular weight excluding hydrogens is 398 g/mol. The Hall–Kier alpha value is -3.05. The number of hydrogen-bond acceptors (Lipinski definition) is 3. The Morgan fingerprint density at radius 1 is 1.20 bits per heavy atom. The highest BCUT2D eigenvalue weighted by Gasteiger charge is 2.12. The normalized spacial score (nSPS) is 11.3. The Morgan fingerprint density at radius 2 is 1.93 bits per heavy atom. The highest BCUT2D eigenvalue weighted by Crippen LogP contribution is 2.28. The maximum Gasteiger partial charge on any atom is 0.277 e. The van der Waals surface area contributed by atoms with E-state index in [0.717, 1.165) is 33.7 Å². The maximum absolute atomic E-state index is 12.2. The number of hydrazone groups is 1. The zero-order valence-corrected chi connectivity index (χ0v) is 18.4. The van der Waals surface area contributed by atoms with Gasteiger partial charge in [-0.2, -0.15) is 5.10 Å². The number of nitrogens with zero attached hydrogens (tertiary/aromatic N) is 2. The van der Waals surface area contributed by atoms with E-state index in [-0.39, 0.29) is 12.5 Å². The first kappa shape index (κ1) is 21.7. The second kappa shape index (κ2) is 9.63. The summed E-state index contributed by atoms with van der Waals surface area (Å²) >= 11 is 6.42. The maximum atomic E-state index is 12.2. The second-order valence-electron chi connectivity index (χ2n) is 7.48. The van der Waals surface area contributed by atoms with Gasteiger partial charge in [-0.1, -0.05) is 67.9 Å². The number of halogens is 1. The zero-order valence-electron chi connectivity index (χ0n) is 17.6. The van der Waals surface area contributed by atoms with Crippen molar-refractivity contribution in [2.24, 2.45) is 12.1 Å². The van der Waals surface area contributed by atoms with Gasteiger partial charge in [-0.3, -0.25) is 4.79 Å². The molecule has 0 saturated carbocycles. The minimum absolute atomic E-state index is 0.113. The third kappa shape index (κ3) is 5.10. The average molecular weight is 424 g/mol. The van der Waals surface area contributed by atoms with Gasteiger partial charge in [-0.15, -0.1) is 0 Å². The van der Waals surface area contributed by atoms with Gasteiger partial charge in [-0.25, -0.2) is 5.43 Å². The number of nitrogens with one attached hydrogen (secondary N) is 1. The molecule has 156 valence electrons. The van der Waals surface area contributed by atoms with Crippen LogP contribution in [0.2, 0.25) is 5.15 Å². The van der Waals surface area contributed by atoms with Crippen LogP contribution in [0.4, 0.5) is 0 Å². The lowest BCUT2D eigenvalue weighted by molar-refractivity contribution is -0.123. The van der Waals surface area contributed by atoms with E-state index >= 15 is 0 Å². The third-order valence-electron chi connectivity index (χ3n) is 4.80. The van der Waals surface area contributed by atoms with Gasteiger partial charge in [0.25, 0.3) is 5.91 Å². The van der Waals surface area contributed by atoms with Crippen molar-refractivity contribution in [3.8, 4) is 17.0 Å². The number of rotatable bonds is 7. The molecule has 0 aliphatic heterocycles. The molecule has 0 radical (unpaired) electrons.